The summed E-state index contributed by atoms with van der Waals surface area (Å²) in [7, 11) is 1.70. The fourth-order valence-corrected chi connectivity index (χ4v) is 3.87. The Balaban J connectivity index is 1.64. The fraction of sp³-hybridized carbons (Fsp3) is 0.591. The number of carbonyl (C=O) groups excluding carboxylic acids is 2. The summed E-state index contributed by atoms with van der Waals surface area (Å²) < 4.78 is 19.6. The maximum atomic E-state index is 12.8. The van der Waals surface area contributed by atoms with Gasteiger partial charge >= 0.3 is 5.69 Å². The van der Waals surface area contributed by atoms with Gasteiger partial charge in [-0.3, -0.25) is 24.0 Å². The minimum atomic E-state index is -0.670. The van der Waals surface area contributed by atoms with Crippen LogP contribution in [0.3, 0.4) is 0 Å². The van der Waals surface area contributed by atoms with Crippen LogP contribution in [-0.2, 0) is 37.3 Å². The van der Waals surface area contributed by atoms with E-state index < -0.39 is 11.9 Å². The van der Waals surface area contributed by atoms with E-state index in [4.69, 9.17) is 14.2 Å². The Morgan fingerprint density at radius 2 is 1.87 bits per heavy atom. The van der Waals surface area contributed by atoms with Gasteiger partial charge in [0.15, 0.2) is 6.29 Å². The Morgan fingerprint density at radius 1 is 1.13 bits per heavy atom. The number of hydrogen-bond acceptors (Lipinski definition) is 6. The molecule has 2 aromatic rings. The molecule has 1 fully saturated rings. The molecule has 170 valence electrons. The van der Waals surface area contributed by atoms with E-state index in [-0.39, 0.29) is 24.3 Å². The predicted octanol–water partition coefficient (Wildman–Crippen LogP) is 1.67. The van der Waals surface area contributed by atoms with Crippen LogP contribution < -0.4 is 11.0 Å². The minimum Gasteiger partial charge on any atom is -0.376 e. The van der Waals surface area contributed by atoms with E-state index in [1.54, 1.807) is 11.6 Å². The Bertz CT molecular complexity index is 974. The summed E-state index contributed by atoms with van der Waals surface area (Å²) in [4.78, 5) is 36.5. The second-order valence-corrected chi connectivity index (χ2v) is 7.52. The zero-order chi connectivity index (χ0) is 22.4. The number of imide groups is 1. The molecule has 0 radical (unpaired) electrons. The van der Waals surface area contributed by atoms with Gasteiger partial charge in [0.25, 0.3) is 0 Å². The standard InChI is InChI=1S/C22H31N3O6/c1-4-30-20(31-5-2)14-29-12-6-7-15-8-9-16-18(13-15)24(3)22(28)25(16)17-10-11-19(26)23-21(17)27/h8-9,13,17,20H,4-7,10-12,14H2,1-3H3,(H,23,26,27). The van der Waals surface area contributed by atoms with Crippen molar-refractivity contribution in [3.63, 3.8) is 0 Å². The van der Waals surface area contributed by atoms with E-state index >= 15 is 0 Å². The highest BCUT2D eigenvalue weighted by Gasteiger charge is 2.31. The van der Waals surface area contributed by atoms with E-state index in [9.17, 15) is 14.4 Å². The van der Waals surface area contributed by atoms with Gasteiger partial charge < -0.3 is 14.2 Å². The van der Waals surface area contributed by atoms with Gasteiger partial charge in [0.2, 0.25) is 11.8 Å². The molecule has 1 atom stereocenters. The Morgan fingerprint density at radius 3 is 2.55 bits per heavy atom. The smallest absolute Gasteiger partial charge is 0.329 e. The number of nitrogens with one attached hydrogen (secondary N) is 1. The normalized spacial score (nSPS) is 17.0. The number of nitrogens with zero attached hydrogens (tertiary/aromatic N) is 2. The van der Waals surface area contributed by atoms with Crippen molar-refractivity contribution in [2.75, 3.05) is 26.4 Å². The van der Waals surface area contributed by atoms with Crippen molar-refractivity contribution in [1.82, 2.24) is 14.5 Å². The lowest BCUT2D eigenvalue weighted by Crippen LogP contribution is -2.44. The number of carbonyl (C=O) groups is 2. The highest BCUT2D eigenvalue weighted by molar-refractivity contribution is 6.00. The zero-order valence-electron chi connectivity index (χ0n) is 18.4. The monoisotopic (exact) mass is 433 g/mol. The van der Waals surface area contributed by atoms with Crippen molar-refractivity contribution in [3.05, 3.63) is 34.2 Å². The molecule has 0 bridgehead atoms. The molecule has 1 saturated heterocycles. The van der Waals surface area contributed by atoms with Crippen LogP contribution in [0.4, 0.5) is 0 Å². The van der Waals surface area contributed by atoms with E-state index in [1.807, 2.05) is 32.0 Å². The van der Waals surface area contributed by atoms with Crippen LogP contribution in [-0.4, -0.2) is 53.7 Å². The molecule has 1 unspecified atom stereocenters. The quantitative estimate of drug-likeness (QED) is 0.329. The molecule has 31 heavy (non-hydrogen) atoms. The average Bonchev–Trinajstić information content (AvgIpc) is 2.98. The highest BCUT2D eigenvalue weighted by Crippen LogP contribution is 2.24. The van der Waals surface area contributed by atoms with E-state index in [1.165, 1.54) is 4.57 Å². The van der Waals surface area contributed by atoms with Crippen molar-refractivity contribution in [1.29, 1.82) is 0 Å². The number of amides is 2. The number of benzene rings is 1. The molecule has 9 heteroatoms. The van der Waals surface area contributed by atoms with Gasteiger partial charge in [-0.2, -0.15) is 0 Å². The van der Waals surface area contributed by atoms with E-state index in [2.05, 4.69) is 5.32 Å². The number of ether oxygens (including phenoxy) is 3. The summed E-state index contributed by atoms with van der Waals surface area (Å²) in [5.41, 5.74) is 2.28. The maximum Gasteiger partial charge on any atom is 0.329 e. The molecule has 2 heterocycles. The highest BCUT2D eigenvalue weighted by atomic mass is 16.7. The van der Waals surface area contributed by atoms with Gasteiger partial charge in [-0.15, -0.1) is 0 Å². The number of aryl methyl sites for hydroxylation is 2. The molecule has 1 aliphatic heterocycles. The lowest BCUT2D eigenvalue weighted by atomic mass is 10.1. The molecule has 1 N–H and O–H groups in total. The summed E-state index contributed by atoms with van der Waals surface area (Å²) in [5.74, 6) is -0.725. The third-order valence-electron chi connectivity index (χ3n) is 5.39. The van der Waals surface area contributed by atoms with Gasteiger partial charge in [-0.25, -0.2) is 4.79 Å². The van der Waals surface area contributed by atoms with Crippen LogP contribution >= 0.6 is 0 Å². The summed E-state index contributed by atoms with van der Waals surface area (Å²) in [6.45, 7) is 5.96. The topological polar surface area (TPSA) is 101 Å². The molecule has 9 nitrogen and oxygen atoms in total. The lowest BCUT2D eigenvalue weighted by molar-refractivity contribution is -0.167. The van der Waals surface area contributed by atoms with Gasteiger partial charge in [0, 0.05) is 33.3 Å². The van der Waals surface area contributed by atoms with Crippen molar-refractivity contribution in [3.8, 4) is 0 Å². The third-order valence-corrected chi connectivity index (χ3v) is 5.39. The molecule has 3 rings (SSSR count). The summed E-state index contributed by atoms with van der Waals surface area (Å²) in [6.07, 6.45) is 1.82. The molecule has 0 aliphatic carbocycles. The van der Waals surface area contributed by atoms with Crippen LogP contribution in [0.1, 0.15) is 44.7 Å². The largest absolute Gasteiger partial charge is 0.376 e. The summed E-state index contributed by atoms with van der Waals surface area (Å²) in [5, 5.41) is 2.33. The van der Waals surface area contributed by atoms with Crippen molar-refractivity contribution in [2.24, 2.45) is 7.05 Å². The van der Waals surface area contributed by atoms with Gasteiger partial charge in [0.05, 0.1) is 17.6 Å². The SMILES string of the molecule is CCOC(COCCCc1ccc2c(c1)n(C)c(=O)n2C1CCC(=O)NC1=O)OCC. The first-order valence-corrected chi connectivity index (χ1v) is 10.8. The predicted molar refractivity (Wildman–Crippen MR) is 115 cm³/mol. The molecule has 1 aromatic carbocycles. The van der Waals surface area contributed by atoms with Gasteiger partial charge in [-0.1, -0.05) is 6.07 Å². The molecule has 1 aliphatic rings. The molecule has 0 spiro atoms. The molecule has 2 amide bonds. The van der Waals surface area contributed by atoms with Crippen molar-refractivity contribution >= 4 is 22.8 Å². The number of fused-ring (bicyclic) bond motifs is 1. The zero-order valence-corrected chi connectivity index (χ0v) is 18.4. The van der Waals surface area contributed by atoms with E-state index in [0.29, 0.717) is 38.4 Å². The van der Waals surface area contributed by atoms with Crippen molar-refractivity contribution < 1.29 is 23.8 Å². The molecular weight excluding hydrogens is 402 g/mol. The lowest BCUT2D eigenvalue weighted by Gasteiger charge is -2.21. The first-order chi connectivity index (χ1) is 15.0. The molecule has 1 aromatic heterocycles. The minimum absolute atomic E-state index is 0.227. The number of piperidine rings is 1. The maximum absolute atomic E-state index is 12.8. The van der Waals surface area contributed by atoms with Crippen molar-refractivity contribution in [2.45, 2.75) is 51.9 Å². The first-order valence-electron chi connectivity index (χ1n) is 10.8. The number of imidazole rings is 1. The van der Waals surface area contributed by atoms with Gasteiger partial charge in [-0.05, 0) is 50.8 Å². The van der Waals surface area contributed by atoms with Gasteiger partial charge in [0.1, 0.15) is 6.04 Å². The molecular formula is C22H31N3O6. The fourth-order valence-electron chi connectivity index (χ4n) is 3.87. The van der Waals surface area contributed by atoms with Crippen LogP contribution in [0.25, 0.3) is 11.0 Å². The second kappa shape index (κ2) is 10.7. The molecule has 0 saturated carbocycles. The first kappa shape index (κ1) is 23.2. The van der Waals surface area contributed by atoms with Crippen LogP contribution in [0.5, 0.6) is 0 Å². The number of aromatic nitrogens is 2. The second-order valence-electron chi connectivity index (χ2n) is 7.52. The Hall–Kier alpha value is -2.49. The van der Waals surface area contributed by atoms with E-state index in [0.717, 1.165) is 23.9 Å². The Kier molecular flexibility index (Phi) is 8.00. The average molecular weight is 434 g/mol. The number of rotatable bonds is 11. The van der Waals surface area contributed by atoms with Crippen LogP contribution in [0, 0.1) is 0 Å². The van der Waals surface area contributed by atoms with Crippen LogP contribution in [0.15, 0.2) is 23.0 Å². The Labute approximate surface area is 181 Å². The third kappa shape index (κ3) is 5.41. The number of hydrogen-bond donors (Lipinski definition) is 1. The van der Waals surface area contributed by atoms with Crippen LogP contribution in [0.2, 0.25) is 0 Å². The summed E-state index contributed by atoms with van der Waals surface area (Å²) in [6, 6.07) is 5.14. The summed E-state index contributed by atoms with van der Waals surface area (Å²) >= 11 is 0.